The highest BCUT2D eigenvalue weighted by Gasteiger charge is 2.35. The molecule has 0 aromatic carbocycles. The van der Waals surface area contributed by atoms with Crippen LogP contribution in [0.3, 0.4) is 0 Å². The van der Waals surface area contributed by atoms with Gasteiger partial charge in [-0.2, -0.15) is 0 Å². The molecule has 4 atom stereocenters. The lowest BCUT2D eigenvalue weighted by Crippen LogP contribution is -2.49. The predicted molar refractivity (Wildman–Crippen MR) is 50.1 cm³/mol. The maximum Gasteiger partial charge on any atom is 0.250 e. The molecule has 0 aliphatic rings. The monoisotopic (exact) mass is 235 g/mol. The molecule has 4 N–H and O–H groups in total. The molecular formula is C7H13N3O6. The number of carbonyl (C=O) groups is 1. The van der Waals surface area contributed by atoms with Gasteiger partial charge in [-0.3, -0.25) is 4.79 Å². The minimum absolute atomic E-state index is 0.774. The summed E-state index contributed by atoms with van der Waals surface area (Å²) >= 11 is 0. The van der Waals surface area contributed by atoms with Gasteiger partial charge in [0.25, 0.3) is 0 Å². The van der Waals surface area contributed by atoms with E-state index < -0.39 is 36.9 Å². The van der Waals surface area contributed by atoms with Gasteiger partial charge in [0.15, 0.2) is 0 Å². The fraction of sp³-hybridized carbons (Fsp3) is 0.857. The summed E-state index contributed by atoms with van der Waals surface area (Å²) in [6.07, 6.45) is -6.70. The molecule has 9 heteroatoms. The van der Waals surface area contributed by atoms with E-state index in [0.717, 1.165) is 7.11 Å². The highest BCUT2D eigenvalue weighted by atomic mass is 16.5. The molecule has 16 heavy (non-hydrogen) atoms. The van der Waals surface area contributed by atoms with E-state index in [1.54, 1.807) is 0 Å². The van der Waals surface area contributed by atoms with Crippen molar-refractivity contribution in [1.82, 2.24) is 0 Å². The van der Waals surface area contributed by atoms with Crippen LogP contribution in [0.4, 0.5) is 0 Å². The van der Waals surface area contributed by atoms with Gasteiger partial charge in [-0.15, -0.1) is 0 Å². The highest BCUT2D eigenvalue weighted by molar-refractivity contribution is 5.82. The van der Waals surface area contributed by atoms with E-state index in [-0.39, 0.29) is 0 Å². The van der Waals surface area contributed by atoms with Crippen LogP contribution < -0.4 is 0 Å². The Bertz CT molecular complexity index is 279. The van der Waals surface area contributed by atoms with Gasteiger partial charge in [-0.1, -0.05) is 0 Å². The van der Waals surface area contributed by atoms with E-state index in [1.165, 1.54) is 0 Å². The Balaban J connectivity index is 4.71. The summed E-state index contributed by atoms with van der Waals surface area (Å²) in [5, 5.41) is 39.0. The van der Waals surface area contributed by atoms with Crippen LogP contribution in [0.2, 0.25) is 0 Å². The van der Waals surface area contributed by atoms with E-state index in [4.69, 9.17) is 15.7 Å². The number of nitrogens with zero attached hydrogens (tertiary/aromatic N) is 3. The molecule has 0 aliphatic carbocycles. The van der Waals surface area contributed by atoms with Gasteiger partial charge in [0.2, 0.25) is 5.91 Å². The number of amides is 1. The lowest BCUT2D eigenvalue weighted by molar-refractivity contribution is -0.151. The molecule has 0 radical (unpaired) electrons. The Morgan fingerprint density at radius 1 is 1.50 bits per heavy atom. The highest BCUT2D eigenvalue weighted by Crippen LogP contribution is 2.10. The molecule has 0 fully saturated rings. The first-order valence-corrected chi connectivity index (χ1v) is 4.26. The fourth-order valence-electron chi connectivity index (χ4n) is 1.03. The molecule has 0 heterocycles. The number of methoxy groups -OCH3 is 1. The zero-order valence-electron chi connectivity index (χ0n) is 8.46. The summed E-state index contributed by atoms with van der Waals surface area (Å²) in [6, 6.07) is 0. The summed E-state index contributed by atoms with van der Waals surface area (Å²) in [7, 11) is 1.07. The van der Waals surface area contributed by atoms with Crippen LogP contribution in [-0.4, -0.2) is 64.5 Å². The third-order valence-electron chi connectivity index (χ3n) is 1.90. The standard InChI is InChI=1S/C7H13N3O6/c1-16-6(4(13)3(12)2-11)5(14)7(15)9-10-8/h3-6,11-14H,2H2,1H3/t3-,4-,5-,6+/m1/s1. The maximum atomic E-state index is 11.0. The molecule has 0 saturated heterocycles. The SMILES string of the molecule is CO[C@@H]([C@H](O)[C@H](O)CO)[C@@H](O)C(=O)N=[N+]=[N-]. The molecule has 0 aromatic rings. The van der Waals surface area contributed by atoms with Crippen molar-refractivity contribution in [3.8, 4) is 0 Å². The van der Waals surface area contributed by atoms with Crippen LogP contribution in [-0.2, 0) is 9.53 Å². The average molecular weight is 235 g/mol. The second kappa shape index (κ2) is 7.12. The first kappa shape index (κ1) is 14.8. The molecule has 0 bridgehead atoms. The summed E-state index contributed by atoms with van der Waals surface area (Å²) in [4.78, 5) is 13.1. The lowest BCUT2D eigenvalue weighted by atomic mass is 10.0. The van der Waals surface area contributed by atoms with Gasteiger partial charge in [0.05, 0.1) is 6.61 Å². The number of ether oxygens (including phenoxy) is 1. The largest absolute Gasteiger partial charge is 0.394 e. The van der Waals surface area contributed by atoms with Gasteiger partial charge in [-0.05, 0) is 10.6 Å². The number of azide groups is 1. The van der Waals surface area contributed by atoms with Crippen molar-refractivity contribution < 1.29 is 30.0 Å². The third kappa shape index (κ3) is 3.74. The van der Waals surface area contributed by atoms with Crippen molar-refractivity contribution in [2.75, 3.05) is 13.7 Å². The molecule has 1 amide bonds. The van der Waals surface area contributed by atoms with Gasteiger partial charge < -0.3 is 25.2 Å². The van der Waals surface area contributed by atoms with Crippen LogP contribution in [0.25, 0.3) is 10.4 Å². The second-order valence-electron chi connectivity index (χ2n) is 2.91. The zero-order valence-corrected chi connectivity index (χ0v) is 8.46. The Labute approximate surface area is 90.5 Å². The Kier molecular flexibility index (Phi) is 6.58. The predicted octanol–water partition coefficient (Wildman–Crippen LogP) is -2.09. The van der Waals surface area contributed by atoms with Crippen molar-refractivity contribution in [2.45, 2.75) is 24.4 Å². The zero-order chi connectivity index (χ0) is 12.7. The molecule has 0 saturated carbocycles. The molecule has 0 aliphatic heterocycles. The van der Waals surface area contributed by atoms with Crippen LogP contribution in [0.5, 0.6) is 0 Å². The molecular weight excluding hydrogens is 222 g/mol. The van der Waals surface area contributed by atoms with E-state index >= 15 is 0 Å². The molecule has 9 nitrogen and oxygen atoms in total. The van der Waals surface area contributed by atoms with Crippen LogP contribution in [0, 0.1) is 0 Å². The van der Waals surface area contributed by atoms with E-state index in [2.05, 4.69) is 14.8 Å². The minimum Gasteiger partial charge on any atom is -0.394 e. The summed E-state index contributed by atoms with van der Waals surface area (Å²) in [5.41, 5.74) is 7.97. The number of aliphatic hydroxyl groups is 4. The smallest absolute Gasteiger partial charge is 0.250 e. The Morgan fingerprint density at radius 3 is 2.44 bits per heavy atom. The molecule has 0 spiro atoms. The van der Waals surface area contributed by atoms with Gasteiger partial charge in [0, 0.05) is 12.0 Å². The number of rotatable bonds is 6. The van der Waals surface area contributed by atoms with Gasteiger partial charge in [0.1, 0.15) is 24.4 Å². The summed E-state index contributed by atoms with van der Waals surface area (Å²) < 4.78 is 4.59. The van der Waals surface area contributed by atoms with Crippen molar-refractivity contribution >= 4 is 5.91 Å². The lowest BCUT2D eigenvalue weighted by Gasteiger charge is -2.26. The molecule has 0 unspecified atom stereocenters. The average Bonchev–Trinajstić information content (AvgIpc) is 2.28. The van der Waals surface area contributed by atoms with E-state index in [1.807, 2.05) is 0 Å². The van der Waals surface area contributed by atoms with E-state index in [9.17, 15) is 15.0 Å². The summed E-state index contributed by atoms with van der Waals surface area (Å²) in [6.45, 7) is -0.774. The Morgan fingerprint density at radius 2 is 2.06 bits per heavy atom. The van der Waals surface area contributed by atoms with Gasteiger partial charge in [-0.25, -0.2) is 0 Å². The maximum absolute atomic E-state index is 11.0. The Hall–Kier alpha value is -1.22. The topological polar surface area (TPSA) is 156 Å². The first-order valence-electron chi connectivity index (χ1n) is 4.26. The van der Waals surface area contributed by atoms with Crippen molar-refractivity contribution in [1.29, 1.82) is 0 Å². The number of hydrogen-bond acceptors (Lipinski definition) is 6. The number of carbonyl (C=O) groups excluding carboxylic acids is 1. The van der Waals surface area contributed by atoms with Crippen molar-refractivity contribution in [3.63, 3.8) is 0 Å². The second-order valence-corrected chi connectivity index (χ2v) is 2.91. The van der Waals surface area contributed by atoms with Crippen molar-refractivity contribution in [2.24, 2.45) is 5.11 Å². The third-order valence-corrected chi connectivity index (χ3v) is 1.90. The molecule has 92 valence electrons. The van der Waals surface area contributed by atoms with Crippen molar-refractivity contribution in [3.05, 3.63) is 10.4 Å². The minimum atomic E-state index is -1.92. The van der Waals surface area contributed by atoms with Crippen LogP contribution in [0.15, 0.2) is 5.11 Å². The molecule has 0 aromatic heterocycles. The van der Waals surface area contributed by atoms with E-state index in [0.29, 0.717) is 0 Å². The number of aliphatic hydroxyl groups excluding tert-OH is 4. The number of hydrogen-bond donors (Lipinski definition) is 4. The van der Waals surface area contributed by atoms with Crippen LogP contribution >= 0.6 is 0 Å². The van der Waals surface area contributed by atoms with Crippen LogP contribution in [0.1, 0.15) is 0 Å². The fourth-order valence-corrected chi connectivity index (χ4v) is 1.03. The first-order chi connectivity index (χ1) is 7.49. The normalized spacial score (nSPS) is 18.1. The molecule has 0 rings (SSSR count). The quantitative estimate of drug-likeness (QED) is 0.235. The summed E-state index contributed by atoms with van der Waals surface area (Å²) in [5.74, 6) is -1.25. The van der Waals surface area contributed by atoms with Gasteiger partial charge >= 0.3 is 0 Å².